The topological polar surface area (TPSA) is 111 Å². The molecule has 0 spiro atoms. The van der Waals surface area contributed by atoms with E-state index in [1.54, 1.807) is 0 Å². The third-order valence-corrected chi connectivity index (χ3v) is 19.5. The van der Waals surface area contributed by atoms with Gasteiger partial charge in [-0.05, 0) is 122 Å². The maximum absolute atomic E-state index is 12.9. The predicted molar refractivity (Wildman–Crippen MR) is 452 cm³/mol. The molecule has 0 amide bonds. The summed E-state index contributed by atoms with van der Waals surface area (Å²) < 4.78 is 34.5. The summed E-state index contributed by atoms with van der Waals surface area (Å²) in [5.74, 6) is -0.821. The summed E-state index contributed by atoms with van der Waals surface area (Å²) in [7, 11) is 1.17. The van der Waals surface area contributed by atoms with Crippen molar-refractivity contribution < 1.29 is 42.1 Å². The Morgan fingerprint density at radius 3 is 0.769 bits per heavy atom. The van der Waals surface area contributed by atoms with Gasteiger partial charge in [0.05, 0.1) is 27.7 Å². The molecule has 2 atom stereocenters. The molecule has 0 radical (unpaired) electrons. The Bertz CT molecular complexity index is 2320. The summed E-state index contributed by atoms with van der Waals surface area (Å²) in [6.45, 7) is 4.05. The molecule has 0 fully saturated rings. The van der Waals surface area contributed by atoms with Crippen LogP contribution in [0.15, 0.2) is 158 Å². The van der Waals surface area contributed by atoms with Gasteiger partial charge < -0.3 is 27.9 Å². The van der Waals surface area contributed by atoms with E-state index in [-0.39, 0.29) is 32.0 Å². The molecule has 9 nitrogen and oxygen atoms in total. The van der Waals surface area contributed by atoms with E-state index in [1.807, 2.05) is 21.1 Å². The second-order valence-electron chi connectivity index (χ2n) is 29.8. The number of esters is 2. The van der Waals surface area contributed by atoms with Gasteiger partial charge in [0.2, 0.25) is 0 Å². The molecular weight excluding hydrogens is 1300 g/mol. The van der Waals surface area contributed by atoms with Crippen molar-refractivity contribution in [3.05, 3.63) is 158 Å². The quantitative estimate of drug-likeness (QED) is 0.0195. The van der Waals surface area contributed by atoms with Gasteiger partial charge in [0, 0.05) is 12.8 Å². The minimum Gasteiger partial charge on any atom is -0.756 e. The van der Waals surface area contributed by atoms with E-state index < -0.39 is 26.5 Å². The van der Waals surface area contributed by atoms with Crippen molar-refractivity contribution in [2.24, 2.45) is 0 Å². The van der Waals surface area contributed by atoms with Crippen molar-refractivity contribution in [1.82, 2.24) is 0 Å². The third-order valence-electron chi connectivity index (χ3n) is 18.5. The van der Waals surface area contributed by atoms with Crippen LogP contribution in [0.4, 0.5) is 0 Å². The van der Waals surface area contributed by atoms with Crippen LogP contribution in [0, 0.1) is 0 Å². The average molecular weight is 1470 g/mol. The lowest BCUT2D eigenvalue weighted by Crippen LogP contribution is -2.37. The number of likely N-dealkylation sites (N-methyl/N-ethyl adjacent to an activating group) is 1. The lowest BCUT2D eigenvalue weighted by Gasteiger charge is -2.28. The zero-order chi connectivity index (χ0) is 75.4. The van der Waals surface area contributed by atoms with Gasteiger partial charge in [-0.25, -0.2) is 0 Å². The zero-order valence-corrected chi connectivity index (χ0v) is 69.1. The Labute approximate surface area is 643 Å². The third kappa shape index (κ3) is 86.5. The Kier molecular flexibility index (Phi) is 79.2. The van der Waals surface area contributed by atoms with Crippen molar-refractivity contribution >= 4 is 19.8 Å². The molecule has 0 bridgehead atoms. The number of quaternary nitrogens is 1. The molecule has 0 aromatic rings. The van der Waals surface area contributed by atoms with Crippen molar-refractivity contribution in [2.75, 3.05) is 47.5 Å². The maximum Gasteiger partial charge on any atom is 0.306 e. The Hall–Kier alpha value is -4.37. The summed E-state index contributed by atoms with van der Waals surface area (Å²) >= 11 is 0. The van der Waals surface area contributed by atoms with Crippen molar-refractivity contribution in [3.63, 3.8) is 0 Å². The molecule has 0 saturated heterocycles. The number of ether oxygens (including phenoxy) is 2. The van der Waals surface area contributed by atoms with Crippen LogP contribution < -0.4 is 4.89 Å². The Morgan fingerprint density at radius 2 is 0.519 bits per heavy atom. The first-order valence-corrected chi connectivity index (χ1v) is 44.7. The molecule has 0 saturated carbocycles. The zero-order valence-electron chi connectivity index (χ0n) is 68.2. The number of carbonyl (C=O) groups excluding carboxylic acids is 2. The fraction of sp³-hybridized carbons (Fsp3) is 0.702. The minimum absolute atomic E-state index is 0.0332. The van der Waals surface area contributed by atoms with Gasteiger partial charge in [0.25, 0.3) is 7.82 Å². The molecule has 596 valence electrons. The van der Waals surface area contributed by atoms with Gasteiger partial charge in [-0.2, -0.15) is 0 Å². The molecule has 2 unspecified atom stereocenters. The van der Waals surface area contributed by atoms with Gasteiger partial charge in [-0.3, -0.25) is 14.2 Å². The number of carbonyl (C=O) groups is 2. The number of unbranched alkanes of at least 4 members (excludes halogenated alkanes) is 39. The number of allylic oxidation sites excluding steroid dienone is 26. The largest absolute Gasteiger partial charge is 0.756 e. The highest BCUT2D eigenvalue weighted by Crippen LogP contribution is 2.38. The van der Waals surface area contributed by atoms with E-state index in [4.69, 9.17) is 18.5 Å². The molecule has 104 heavy (non-hydrogen) atoms. The molecular formula is C94H162NO8P. The second kappa shape index (κ2) is 82.7. The summed E-state index contributed by atoms with van der Waals surface area (Å²) in [5.41, 5.74) is 0. The number of phosphoric acid groups is 1. The molecule has 0 N–H and O–H groups in total. The molecule has 0 rings (SSSR count). The second-order valence-corrected chi connectivity index (χ2v) is 31.2. The van der Waals surface area contributed by atoms with Crippen LogP contribution >= 0.6 is 7.82 Å². The van der Waals surface area contributed by atoms with Crippen LogP contribution in [0.3, 0.4) is 0 Å². The minimum atomic E-state index is -4.65. The number of phosphoric ester groups is 1. The highest BCUT2D eigenvalue weighted by atomic mass is 31.2. The molecule has 0 aliphatic rings. The van der Waals surface area contributed by atoms with Crippen LogP contribution in [-0.4, -0.2) is 70.0 Å². The number of rotatable bonds is 79. The number of hydrogen-bond donors (Lipinski definition) is 0. The smallest absolute Gasteiger partial charge is 0.306 e. The van der Waals surface area contributed by atoms with Crippen LogP contribution in [0.5, 0.6) is 0 Å². The van der Waals surface area contributed by atoms with Gasteiger partial charge >= 0.3 is 11.9 Å². The maximum atomic E-state index is 12.9. The molecule has 0 aromatic heterocycles. The van der Waals surface area contributed by atoms with E-state index in [9.17, 15) is 19.0 Å². The van der Waals surface area contributed by atoms with Crippen LogP contribution in [0.2, 0.25) is 0 Å². The molecule has 0 aliphatic heterocycles. The monoisotopic (exact) mass is 1460 g/mol. The van der Waals surface area contributed by atoms with Crippen LogP contribution in [0.1, 0.15) is 373 Å². The van der Waals surface area contributed by atoms with Crippen LogP contribution in [0.25, 0.3) is 0 Å². The molecule has 10 heteroatoms. The van der Waals surface area contributed by atoms with Crippen LogP contribution in [-0.2, 0) is 32.7 Å². The Morgan fingerprint density at radius 1 is 0.298 bits per heavy atom. The van der Waals surface area contributed by atoms with E-state index in [0.717, 1.165) is 122 Å². The lowest BCUT2D eigenvalue weighted by atomic mass is 10.0. The summed E-state index contributed by atoms with van der Waals surface area (Å²) in [5, 5.41) is 0. The first-order valence-electron chi connectivity index (χ1n) is 43.2. The normalized spacial score (nSPS) is 13.8. The van der Waals surface area contributed by atoms with E-state index in [1.165, 1.54) is 218 Å². The van der Waals surface area contributed by atoms with Crippen molar-refractivity contribution in [1.29, 1.82) is 0 Å². The van der Waals surface area contributed by atoms with Crippen molar-refractivity contribution in [3.8, 4) is 0 Å². The standard InChI is InChI=1S/C94H162NO8P/c1-6-8-10-12-14-16-18-20-22-24-26-28-30-32-34-36-38-40-42-44-46-47-49-51-53-55-57-59-61-63-65-67-69-71-73-75-77-79-81-83-85-87-94(97)103-92(91-102-104(98,99)101-89-88-95(3,4)5)90-100-93(96)86-84-82-80-78-76-74-72-70-68-66-64-62-60-58-56-54-52-50-48-45-43-41-39-37-35-33-31-29-27-25-23-21-19-17-15-13-11-9-7-2/h8-11,14-17,20-23,26-29,32-35,38-41,44,46,92H,6-7,12-13,18-19,24-25,30-31,36-37,42-43,45,47-91H2,1-5H3/b10-8-,11-9-,16-14-,17-15-,22-20-,23-21-,28-26-,29-27-,34-32-,35-33-,40-38-,41-39-,46-44-. The molecule has 0 aromatic carbocycles. The van der Waals surface area contributed by atoms with Gasteiger partial charge in [-0.15, -0.1) is 0 Å². The number of hydrogen-bond acceptors (Lipinski definition) is 8. The fourth-order valence-electron chi connectivity index (χ4n) is 12.1. The summed E-state index contributed by atoms with van der Waals surface area (Å²) in [4.78, 5) is 38.3. The summed E-state index contributed by atoms with van der Waals surface area (Å²) in [6, 6.07) is 0. The van der Waals surface area contributed by atoms with E-state index >= 15 is 0 Å². The van der Waals surface area contributed by atoms with E-state index in [0.29, 0.717) is 17.4 Å². The van der Waals surface area contributed by atoms with Gasteiger partial charge in [0.15, 0.2) is 6.10 Å². The van der Waals surface area contributed by atoms with E-state index in [2.05, 4.69) is 172 Å². The lowest BCUT2D eigenvalue weighted by molar-refractivity contribution is -0.870. The Balaban J connectivity index is 3.93. The molecule has 0 aliphatic carbocycles. The SMILES string of the molecule is CC/C=C\C/C=C\C/C=C\C/C=C\C/C=C\C/C=C\C/C=C\CCCCCCCCCCCCCCCCCCCCCC(=O)OC(COC(=O)CCCCCCCCCCCCCCCCCCCCCC/C=C\C/C=C\C/C=C\C/C=C\C/C=C\C/C=C\CC)COP(=O)([O-])OCC[N+](C)(C)C. The fourth-order valence-corrected chi connectivity index (χ4v) is 12.8. The van der Waals surface area contributed by atoms with Gasteiger partial charge in [-0.1, -0.05) is 397 Å². The van der Waals surface area contributed by atoms with Gasteiger partial charge in [0.1, 0.15) is 19.8 Å². The number of nitrogens with zero attached hydrogens (tertiary/aromatic N) is 1. The predicted octanol–water partition coefficient (Wildman–Crippen LogP) is 28.8. The highest BCUT2D eigenvalue weighted by molar-refractivity contribution is 7.45. The highest BCUT2D eigenvalue weighted by Gasteiger charge is 2.22. The van der Waals surface area contributed by atoms with Crippen molar-refractivity contribution in [2.45, 2.75) is 380 Å². The molecule has 0 heterocycles. The summed E-state index contributed by atoms with van der Waals surface area (Å²) in [6.07, 6.45) is 124. The first-order chi connectivity index (χ1) is 51.0. The average Bonchev–Trinajstić information content (AvgIpc) is 0.920. The first kappa shape index (κ1) is 99.6.